The molecule has 0 spiro atoms. The SMILES string of the molecule is [2H]c1c([2H])c([2H])c(-c2c3ccccc3c(-c3c([2H])c([2H])c([2H])c4oc5ccccc5c34)c3ccccc23)c([2H])c1[2H]. The summed E-state index contributed by atoms with van der Waals surface area (Å²) in [5, 5.41) is 3.94. The van der Waals surface area contributed by atoms with Gasteiger partial charge in [0.15, 0.2) is 0 Å². The van der Waals surface area contributed by atoms with Gasteiger partial charge >= 0.3 is 0 Å². The van der Waals surface area contributed by atoms with Crippen LogP contribution >= 0.6 is 0 Å². The molecule has 1 heteroatoms. The number of furan rings is 1. The maximum atomic E-state index is 9.11. The number of rotatable bonds is 2. The Kier molecular flexibility index (Phi) is 2.58. The van der Waals surface area contributed by atoms with Crippen LogP contribution in [-0.2, 0) is 0 Å². The summed E-state index contributed by atoms with van der Waals surface area (Å²) < 4.78 is 74.7. The minimum Gasteiger partial charge on any atom is -0.456 e. The van der Waals surface area contributed by atoms with Gasteiger partial charge in [-0.05, 0) is 55.9 Å². The van der Waals surface area contributed by atoms with E-state index in [0.29, 0.717) is 49.2 Å². The molecule has 0 amide bonds. The molecule has 0 aliphatic heterocycles. The van der Waals surface area contributed by atoms with E-state index in [2.05, 4.69) is 0 Å². The number of para-hydroxylation sites is 1. The van der Waals surface area contributed by atoms with Gasteiger partial charge in [-0.1, -0.05) is 109 Å². The summed E-state index contributed by atoms with van der Waals surface area (Å²) in [6.07, 6.45) is 0. The number of benzene rings is 6. The zero-order valence-corrected chi connectivity index (χ0v) is 17.3. The molecule has 1 nitrogen and oxygen atoms in total. The predicted octanol–water partition coefficient (Wildman–Crippen LogP) is 9.23. The topological polar surface area (TPSA) is 13.1 Å². The van der Waals surface area contributed by atoms with Crippen LogP contribution in [0.25, 0.3) is 65.7 Å². The van der Waals surface area contributed by atoms with Gasteiger partial charge in [0.25, 0.3) is 0 Å². The van der Waals surface area contributed by atoms with Crippen LogP contribution < -0.4 is 0 Å². The standard InChI is InChI=1S/C32H20O/c1-2-11-21(12-3-1)30-22-13-4-6-15-24(22)31(25-16-7-5-14-23(25)30)27-18-10-20-29-32(27)26-17-8-9-19-28(26)33-29/h1-20H/i1D,2D,3D,10D,11D,12D,18D,20D. The fourth-order valence-electron chi connectivity index (χ4n) is 4.82. The minimum atomic E-state index is -0.458. The highest BCUT2D eigenvalue weighted by atomic mass is 16.3. The Labute approximate surface area is 202 Å². The Morgan fingerprint density at radius 3 is 1.73 bits per heavy atom. The van der Waals surface area contributed by atoms with E-state index in [9.17, 15) is 0 Å². The normalized spacial score (nSPS) is 15.0. The second-order valence-corrected chi connectivity index (χ2v) is 7.89. The summed E-state index contributed by atoms with van der Waals surface area (Å²) in [7, 11) is 0. The summed E-state index contributed by atoms with van der Waals surface area (Å²) in [5.74, 6) is 0. The molecular weight excluding hydrogens is 400 g/mol. The molecule has 7 rings (SSSR count). The Morgan fingerprint density at radius 1 is 0.485 bits per heavy atom. The molecular formula is C32H20O. The van der Waals surface area contributed by atoms with Gasteiger partial charge in [0.1, 0.15) is 11.2 Å². The second kappa shape index (κ2) is 7.08. The van der Waals surface area contributed by atoms with E-state index >= 15 is 0 Å². The molecule has 1 aromatic heterocycles. The van der Waals surface area contributed by atoms with Crippen molar-refractivity contribution in [1.29, 1.82) is 0 Å². The van der Waals surface area contributed by atoms with Crippen LogP contribution in [0.3, 0.4) is 0 Å². The molecule has 0 saturated carbocycles. The first-order chi connectivity index (χ1) is 19.7. The van der Waals surface area contributed by atoms with E-state index in [1.165, 1.54) is 0 Å². The molecule has 0 bridgehead atoms. The van der Waals surface area contributed by atoms with E-state index in [1.54, 1.807) is 6.07 Å². The summed E-state index contributed by atoms with van der Waals surface area (Å²) in [5.41, 5.74) is 2.48. The van der Waals surface area contributed by atoms with Crippen LogP contribution in [-0.4, -0.2) is 0 Å². The summed E-state index contributed by atoms with van der Waals surface area (Å²) in [6, 6.07) is 19.7. The van der Waals surface area contributed by atoms with Gasteiger partial charge < -0.3 is 4.42 Å². The van der Waals surface area contributed by atoms with E-state index in [-0.39, 0.29) is 41.4 Å². The van der Waals surface area contributed by atoms with Gasteiger partial charge in [-0.2, -0.15) is 0 Å². The summed E-state index contributed by atoms with van der Waals surface area (Å²) in [6.45, 7) is 0. The van der Waals surface area contributed by atoms with Crippen LogP contribution in [0.1, 0.15) is 11.0 Å². The van der Waals surface area contributed by atoms with E-state index < -0.39 is 18.1 Å². The molecule has 0 aliphatic carbocycles. The number of hydrogen-bond acceptors (Lipinski definition) is 1. The molecule has 7 aromatic rings. The van der Waals surface area contributed by atoms with E-state index in [0.717, 1.165) is 5.39 Å². The lowest BCUT2D eigenvalue weighted by Crippen LogP contribution is -1.91. The van der Waals surface area contributed by atoms with Crippen LogP contribution in [0.15, 0.2) is 126 Å². The zero-order chi connectivity index (χ0) is 28.7. The Bertz CT molecular complexity index is 2160. The number of fused-ring (bicyclic) bond motifs is 5. The lowest BCUT2D eigenvalue weighted by molar-refractivity contribution is 0.669. The molecule has 154 valence electrons. The van der Waals surface area contributed by atoms with Crippen molar-refractivity contribution in [3.05, 3.63) is 121 Å². The van der Waals surface area contributed by atoms with Crippen molar-refractivity contribution < 1.29 is 15.4 Å². The predicted molar refractivity (Wildman–Crippen MR) is 140 cm³/mol. The third-order valence-electron chi connectivity index (χ3n) is 6.14. The molecule has 0 N–H and O–H groups in total. The van der Waals surface area contributed by atoms with Gasteiger partial charge in [-0.25, -0.2) is 0 Å². The lowest BCUT2D eigenvalue weighted by Gasteiger charge is -2.18. The maximum absolute atomic E-state index is 9.11. The molecule has 1 heterocycles. The van der Waals surface area contributed by atoms with Crippen LogP contribution in [0.4, 0.5) is 0 Å². The van der Waals surface area contributed by atoms with Crippen molar-refractivity contribution in [2.45, 2.75) is 0 Å². The largest absolute Gasteiger partial charge is 0.456 e. The van der Waals surface area contributed by atoms with Gasteiger partial charge in [-0.3, -0.25) is 0 Å². The maximum Gasteiger partial charge on any atom is 0.136 e. The molecule has 0 atom stereocenters. The average Bonchev–Trinajstić information content (AvgIpc) is 3.38. The smallest absolute Gasteiger partial charge is 0.136 e. The molecule has 0 saturated heterocycles. The van der Waals surface area contributed by atoms with Crippen LogP contribution in [0, 0.1) is 0 Å². The van der Waals surface area contributed by atoms with Gasteiger partial charge in [0.2, 0.25) is 0 Å². The van der Waals surface area contributed by atoms with E-state index in [1.807, 2.05) is 66.7 Å². The third kappa shape index (κ3) is 2.66. The van der Waals surface area contributed by atoms with Crippen molar-refractivity contribution in [1.82, 2.24) is 0 Å². The molecule has 33 heavy (non-hydrogen) atoms. The first kappa shape index (κ1) is 12.0. The van der Waals surface area contributed by atoms with Crippen molar-refractivity contribution in [3.63, 3.8) is 0 Å². The Balaban J connectivity index is 1.76. The molecule has 0 unspecified atom stereocenters. The van der Waals surface area contributed by atoms with Gasteiger partial charge in [-0.15, -0.1) is 0 Å². The fraction of sp³-hybridized carbons (Fsp3) is 0. The van der Waals surface area contributed by atoms with Crippen LogP contribution in [0.5, 0.6) is 0 Å². The molecule has 0 radical (unpaired) electrons. The molecule has 6 aromatic carbocycles. The third-order valence-corrected chi connectivity index (χ3v) is 6.14. The monoisotopic (exact) mass is 428 g/mol. The van der Waals surface area contributed by atoms with Gasteiger partial charge in [0, 0.05) is 10.8 Å². The highest BCUT2D eigenvalue weighted by Crippen LogP contribution is 2.46. The first-order valence-electron chi connectivity index (χ1n) is 14.6. The van der Waals surface area contributed by atoms with Crippen molar-refractivity contribution in [2.24, 2.45) is 0 Å². The highest BCUT2D eigenvalue weighted by Gasteiger charge is 2.19. The molecule has 0 fully saturated rings. The summed E-state index contributed by atoms with van der Waals surface area (Å²) >= 11 is 0. The summed E-state index contributed by atoms with van der Waals surface area (Å²) in [4.78, 5) is 0. The van der Waals surface area contributed by atoms with Crippen molar-refractivity contribution in [2.75, 3.05) is 0 Å². The minimum absolute atomic E-state index is 0.0997. The lowest BCUT2D eigenvalue weighted by atomic mass is 9.85. The first-order valence-corrected chi connectivity index (χ1v) is 10.6. The Hall–Kier alpha value is -4.36. The number of hydrogen-bond donors (Lipinski definition) is 0. The van der Waals surface area contributed by atoms with E-state index in [4.69, 9.17) is 15.4 Å². The second-order valence-electron chi connectivity index (χ2n) is 7.89. The fourth-order valence-corrected chi connectivity index (χ4v) is 4.82. The average molecular weight is 429 g/mol. The zero-order valence-electron chi connectivity index (χ0n) is 25.3. The van der Waals surface area contributed by atoms with Crippen molar-refractivity contribution >= 4 is 43.5 Å². The van der Waals surface area contributed by atoms with Crippen molar-refractivity contribution in [3.8, 4) is 22.3 Å². The molecule has 0 aliphatic rings. The highest BCUT2D eigenvalue weighted by molar-refractivity contribution is 6.25. The Morgan fingerprint density at radius 2 is 1.06 bits per heavy atom. The quantitative estimate of drug-likeness (QED) is 0.250. The van der Waals surface area contributed by atoms with Gasteiger partial charge in [0.05, 0.1) is 11.0 Å². The van der Waals surface area contributed by atoms with Crippen LogP contribution in [0.2, 0.25) is 0 Å².